The van der Waals surface area contributed by atoms with Crippen molar-refractivity contribution >= 4 is 27.7 Å². The first kappa shape index (κ1) is 22.8. The molecule has 1 heterocycles. The zero-order chi connectivity index (χ0) is 21.9. The highest BCUT2D eigenvalue weighted by molar-refractivity contribution is 7.98. The number of hydrogen-bond acceptors (Lipinski definition) is 4. The van der Waals surface area contributed by atoms with E-state index < -0.39 is 10.0 Å². The Morgan fingerprint density at radius 1 is 1.10 bits per heavy atom. The monoisotopic (exact) mass is 446 g/mol. The molecule has 1 aliphatic heterocycles. The summed E-state index contributed by atoms with van der Waals surface area (Å²) in [7, 11) is -3.52. The minimum Gasteiger partial charge on any atom is -0.349 e. The van der Waals surface area contributed by atoms with Gasteiger partial charge >= 0.3 is 0 Å². The topological polar surface area (TPSA) is 66.5 Å². The maximum absolute atomic E-state index is 12.9. The van der Waals surface area contributed by atoms with E-state index in [2.05, 4.69) is 23.5 Å². The molecule has 0 aliphatic carbocycles. The molecule has 2 aromatic rings. The number of carbonyl (C=O) groups excluding carboxylic acids is 1. The largest absolute Gasteiger partial charge is 0.349 e. The van der Waals surface area contributed by atoms with Crippen LogP contribution in [0.3, 0.4) is 0 Å². The van der Waals surface area contributed by atoms with Crippen LogP contribution in [-0.4, -0.2) is 38.0 Å². The fourth-order valence-corrected chi connectivity index (χ4v) is 5.77. The van der Waals surface area contributed by atoms with Crippen LogP contribution in [0.5, 0.6) is 0 Å². The van der Waals surface area contributed by atoms with Crippen molar-refractivity contribution in [1.29, 1.82) is 0 Å². The molecule has 1 atom stereocenters. The molecule has 2 aromatic carbocycles. The average Bonchev–Trinajstić information content (AvgIpc) is 2.75. The van der Waals surface area contributed by atoms with Crippen LogP contribution in [0, 0.1) is 19.8 Å². The number of sulfonamides is 1. The van der Waals surface area contributed by atoms with Gasteiger partial charge in [-0.1, -0.05) is 23.8 Å². The number of rotatable bonds is 6. The Hall–Kier alpha value is -1.83. The summed E-state index contributed by atoms with van der Waals surface area (Å²) < 4.78 is 27.3. The van der Waals surface area contributed by atoms with E-state index >= 15 is 0 Å². The quantitative estimate of drug-likeness (QED) is 0.672. The van der Waals surface area contributed by atoms with Crippen molar-refractivity contribution in [2.45, 2.75) is 49.4 Å². The van der Waals surface area contributed by atoms with E-state index in [0.29, 0.717) is 30.8 Å². The van der Waals surface area contributed by atoms with Crippen LogP contribution in [0.15, 0.2) is 52.3 Å². The second kappa shape index (κ2) is 9.54. The van der Waals surface area contributed by atoms with Crippen LogP contribution >= 0.6 is 11.8 Å². The molecule has 0 aromatic heterocycles. The molecule has 0 bridgehead atoms. The first-order chi connectivity index (χ1) is 14.2. The molecular weight excluding hydrogens is 416 g/mol. The Bertz CT molecular complexity index is 996. The Morgan fingerprint density at radius 3 is 2.33 bits per heavy atom. The first-order valence-electron chi connectivity index (χ1n) is 10.2. The summed E-state index contributed by atoms with van der Waals surface area (Å²) in [6, 6.07) is 13.1. The van der Waals surface area contributed by atoms with Crippen LogP contribution in [-0.2, 0) is 14.8 Å². The van der Waals surface area contributed by atoms with Crippen molar-refractivity contribution in [3.8, 4) is 0 Å². The van der Waals surface area contributed by atoms with Gasteiger partial charge in [0, 0.05) is 23.9 Å². The maximum atomic E-state index is 12.9. The lowest BCUT2D eigenvalue weighted by Gasteiger charge is -2.31. The minimum atomic E-state index is -3.52. The molecule has 1 N–H and O–H groups in total. The Balaban J connectivity index is 1.60. The summed E-state index contributed by atoms with van der Waals surface area (Å²) in [6.45, 7) is 6.82. The van der Waals surface area contributed by atoms with Crippen LogP contribution < -0.4 is 5.32 Å². The third-order valence-electron chi connectivity index (χ3n) is 5.78. The van der Waals surface area contributed by atoms with E-state index in [9.17, 15) is 13.2 Å². The molecule has 1 amide bonds. The second-order valence-electron chi connectivity index (χ2n) is 7.94. The molecule has 1 fully saturated rings. The number of aryl methyl sites for hydroxylation is 2. The Morgan fingerprint density at radius 2 is 1.73 bits per heavy atom. The number of amides is 1. The third kappa shape index (κ3) is 5.07. The number of nitrogens with one attached hydrogen (secondary N) is 1. The van der Waals surface area contributed by atoms with Crippen molar-refractivity contribution in [3.05, 3.63) is 59.2 Å². The van der Waals surface area contributed by atoms with Crippen LogP contribution in [0.1, 0.15) is 42.5 Å². The highest BCUT2D eigenvalue weighted by atomic mass is 32.2. The van der Waals surface area contributed by atoms with Gasteiger partial charge in [-0.3, -0.25) is 4.79 Å². The van der Waals surface area contributed by atoms with Gasteiger partial charge in [0.15, 0.2) is 0 Å². The highest BCUT2D eigenvalue weighted by Crippen LogP contribution is 2.26. The molecule has 162 valence electrons. The number of thioether (sulfide) groups is 1. The van der Waals surface area contributed by atoms with E-state index in [0.717, 1.165) is 16.0 Å². The van der Waals surface area contributed by atoms with Crippen LogP contribution in [0.2, 0.25) is 0 Å². The molecule has 5 nitrogen and oxygen atoms in total. The van der Waals surface area contributed by atoms with Crippen molar-refractivity contribution in [1.82, 2.24) is 9.62 Å². The van der Waals surface area contributed by atoms with Gasteiger partial charge in [0.2, 0.25) is 15.9 Å². The molecule has 0 saturated carbocycles. The number of piperidine rings is 1. The van der Waals surface area contributed by atoms with Crippen molar-refractivity contribution in [2.75, 3.05) is 19.3 Å². The predicted molar refractivity (Wildman–Crippen MR) is 122 cm³/mol. The SMILES string of the molecule is CSc1ccc(S(=O)(=O)N2CCC(C(=O)N[C@H](C)c3cc(C)ccc3C)CC2)cc1. The molecule has 0 spiro atoms. The zero-order valence-electron chi connectivity index (χ0n) is 18.0. The van der Waals surface area contributed by atoms with Gasteiger partial charge in [0.1, 0.15) is 0 Å². The van der Waals surface area contributed by atoms with Gasteiger partial charge < -0.3 is 5.32 Å². The number of benzene rings is 2. The number of carbonyl (C=O) groups is 1. The Labute approximate surface area is 184 Å². The summed E-state index contributed by atoms with van der Waals surface area (Å²) >= 11 is 1.58. The van der Waals surface area contributed by atoms with Crippen LogP contribution in [0.25, 0.3) is 0 Å². The van der Waals surface area contributed by atoms with Gasteiger partial charge in [-0.15, -0.1) is 11.8 Å². The van der Waals surface area contributed by atoms with Crippen molar-refractivity contribution < 1.29 is 13.2 Å². The zero-order valence-corrected chi connectivity index (χ0v) is 19.6. The average molecular weight is 447 g/mol. The first-order valence-corrected chi connectivity index (χ1v) is 12.9. The van der Waals surface area contributed by atoms with Gasteiger partial charge in [-0.05, 0) is 75.3 Å². The fourth-order valence-electron chi connectivity index (χ4n) is 3.89. The number of hydrogen-bond donors (Lipinski definition) is 1. The van der Waals surface area contributed by atoms with Gasteiger partial charge in [0.05, 0.1) is 10.9 Å². The number of nitrogens with zero attached hydrogens (tertiary/aromatic N) is 1. The normalized spacial score (nSPS) is 16.9. The summed E-state index contributed by atoms with van der Waals surface area (Å²) in [6.07, 6.45) is 3.03. The summed E-state index contributed by atoms with van der Waals surface area (Å²) in [5.41, 5.74) is 3.44. The standard InChI is InChI=1S/C23H30N2O3S2/c1-16-5-6-17(2)22(15-16)18(3)24-23(26)19-11-13-25(14-12-19)30(27,28)21-9-7-20(29-4)8-10-21/h5-10,15,18-19H,11-14H2,1-4H3,(H,24,26)/t18-/m1/s1. The van der Waals surface area contributed by atoms with E-state index in [4.69, 9.17) is 0 Å². The second-order valence-corrected chi connectivity index (χ2v) is 10.8. The predicted octanol–water partition coefficient (Wildman–Crippen LogP) is 4.30. The molecule has 0 radical (unpaired) electrons. The molecule has 3 rings (SSSR count). The summed E-state index contributed by atoms with van der Waals surface area (Å²) in [5, 5.41) is 3.12. The van der Waals surface area contributed by atoms with Gasteiger partial charge in [-0.2, -0.15) is 4.31 Å². The lowest BCUT2D eigenvalue weighted by atomic mass is 9.95. The van der Waals surface area contributed by atoms with Crippen molar-refractivity contribution in [3.63, 3.8) is 0 Å². The summed E-state index contributed by atoms with van der Waals surface area (Å²) in [4.78, 5) is 14.1. The van der Waals surface area contributed by atoms with Crippen LogP contribution in [0.4, 0.5) is 0 Å². The van der Waals surface area contributed by atoms with E-state index in [1.165, 1.54) is 9.87 Å². The molecule has 7 heteroatoms. The smallest absolute Gasteiger partial charge is 0.243 e. The van der Waals surface area contributed by atoms with E-state index in [1.807, 2.05) is 39.2 Å². The van der Waals surface area contributed by atoms with Gasteiger partial charge in [-0.25, -0.2) is 8.42 Å². The molecule has 1 saturated heterocycles. The fraction of sp³-hybridized carbons (Fsp3) is 0.435. The summed E-state index contributed by atoms with van der Waals surface area (Å²) in [5.74, 6) is -0.160. The highest BCUT2D eigenvalue weighted by Gasteiger charge is 2.32. The molecule has 30 heavy (non-hydrogen) atoms. The van der Waals surface area contributed by atoms with Crippen molar-refractivity contribution in [2.24, 2.45) is 5.92 Å². The lowest BCUT2D eigenvalue weighted by molar-refractivity contribution is -0.126. The molecule has 0 unspecified atom stereocenters. The molecule has 1 aliphatic rings. The maximum Gasteiger partial charge on any atom is 0.243 e. The molecular formula is C23H30N2O3S2. The Kier molecular flexibility index (Phi) is 7.26. The lowest BCUT2D eigenvalue weighted by Crippen LogP contribution is -2.43. The van der Waals surface area contributed by atoms with Gasteiger partial charge in [0.25, 0.3) is 0 Å². The van der Waals surface area contributed by atoms with E-state index in [-0.39, 0.29) is 17.9 Å². The minimum absolute atomic E-state index is 0.00442. The van der Waals surface area contributed by atoms with E-state index in [1.54, 1.807) is 23.9 Å². The third-order valence-corrected chi connectivity index (χ3v) is 8.44.